The molecule has 124 valence electrons. The molecule has 5 heteroatoms. The quantitative estimate of drug-likeness (QED) is 0.649. The number of nitrogens with two attached hydrogens (primary N) is 1. The van der Waals surface area contributed by atoms with Crippen molar-refractivity contribution in [3.63, 3.8) is 0 Å². The van der Waals surface area contributed by atoms with Crippen molar-refractivity contribution >= 4 is 5.91 Å². The van der Waals surface area contributed by atoms with E-state index in [2.05, 4.69) is 5.32 Å². The zero-order valence-corrected chi connectivity index (χ0v) is 13.8. The van der Waals surface area contributed by atoms with E-state index in [1.54, 1.807) is 7.11 Å². The maximum atomic E-state index is 11.8. The zero-order chi connectivity index (χ0) is 16.4. The van der Waals surface area contributed by atoms with Gasteiger partial charge in [0.05, 0.1) is 19.8 Å². The van der Waals surface area contributed by atoms with Gasteiger partial charge in [-0.3, -0.25) is 4.79 Å². The lowest BCUT2D eigenvalue weighted by molar-refractivity contribution is -0.123. The van der Waals surface area contributed by atoms with Crippen LogP contribution in [-0.2, 0) is 16.1 Å². The van der Waals surface area contributed by atoms with Crippen molar-refractivity contribution in [1.29, 1.82) is 0 Å². The molecule has 0 radical (unpaired) electrons. The van der Waals surface area contributed by atoms with Crippen molar-refractivity contribution in [2.45, 2.75) is 39.3 Å². The molecule has 0 aromatic heterocycles. The largest absolute Gasteiger partial charge is 0.497 e. The highest BCUT2D eigenvalue weighted by Gasteiger charge is 2.18. The van der Waals surface area contributed by atoms with Crippen LogP contribution in [0.1, 0.15) is 32.3 Å². The molecule has 0 aliphatic heterocycles. The molecule has 2 atom stereocenters. The molecule has 0 aliphatic carbocycles. The number of ether oxygens (including phenoxy) is 2. The third-order valence-electron chi connectivity index (χ3n) is 3.75. The van der Waals surface area contributed by atoms with Gasteiger partial charge < -0.3 is 20.5 Å². The van der Waals surface area contributed by atoms with Gasteiger partial charge in [0.25, 0.3) is 0 Å². The minimum atomic E-state index is -0.426. The molecule has 5 nitrogen and oxygen atoms in total. The van der Waals surface area contributed by atoms with Crippen LogP contribution in [0.3, 0.4) is 0 Å². The summed E-state index contributed by atoms with van der Waals surface area (Å²) in [6, 6.07) is 7.35. The molecule has 0 bridgehead atoms. The van der Waals surface area contributed by atoms with Crippen LogP contribution in [0.25, 0.3) is 0 Å². The Morgan fingerprint density at radius 2 is 2.00 bits per heavy atom. The fraction of sp³-hybridized carbons (Fsp3) is 0.588. The first-order valence-corrected chi connectivity index (χ1v) is 7.82. The normalized spacial score (nSPS) is 13.5. The van der Waals surface area contributed by atoms with Gasteiger partial charge in [-0.05, 0) is 30.0 Å². The molecule has 0 saturated heterocycles. The van der Waals surface area contributed by atoms with E-state index in [1.807, 2.05) is 38.1 Å². The number of carbonyl (C=O) groups excluding carboxylic acids is 1. The van der Waals surface area contributed by atoms with Gasteiger partial charge >= 0.3 is 0 Å². The lowest BCUT2D eigenvalue weighted by Crippen LogP contribution is -2.44. The Morgan fingerprint density at radius 1 is 1.32 bits per heavy atom. The van der Waals surface area contributed by atoms with Gasteiger partial charge in [-0.2, -0.15) is 0 Å². The predicted molar refractivity (Wildman–Crippen MR) is 87.7 cm³/mol. The summed E-state index contributed by atoms with van der Waals surface area (Å²) in [7, 11) is 1.65. The summed E-state index contributed by atoms with van der Waals surface area (Å²) in [5.41, 5.74) is 6.96. The Balaban J connectivity index is 2.11. The maximum Gasteiger partial charge on any atom is 0.237 e. The van der Waals surface area contributed by atoms with E-state index in [1.165, 1.54) is 0 Å². The molecule has 0 fully saturated rings. The van der Waals surface area contributed by atoms with Crippen LogP contribution in [0, 0.1) is 5.92 Å². The molecular formula is C17H28N2O3. The number of methoxy groups -OCH3 is 1. The summed E-state index contributed by atoms with van der Waals surface area (Å²) in [4.78, 5) is 11.8. The van der Waals surface area contributed by atoms with Crippen LogP contribution in [0.5, 0.6) is 5.75 Å². The van der Waals surface area contributed by atoms with Gasteiger partial charge in [-0.25, -0.2) is 0 Å². The Labute approximate surface area is 133 Å². The smallest absolute Gasteiger partial charge is 0.237 e. The van der Waals surface area contributed by atoms with Gasteiger partial charge in [-0.15, -0.1) is 0 Å². The van der Waals surface area contributed by atoms with Crippen molar-refractivity contribution in [1.82, 2.24) is 5.32 Å². The fourth-order valence-electron chi connectivity index (χ4n) is 1.93. The van der Waals surface area contributed by atoms with Gasteiger partial charge in [0.1, 0.15) is 5.75 Å². The van der Waals surface area contributed by atoms with Crippen LogP contribution in [0.4, 0.5) is 0 Å². The van der Waals surface area contributed by atoms with Gasteiger partial charge in [0, 0.05) is 13.2 Å². The number of carbonyl (C=O) groups is 1. The molecular weight excluding hydrogens is 280 g/mol. The first-order chi connectivity index (χ1) is 10.6. The van der Waals surface area contributed by atoms with Crippen LogP contribution in [0.2, 0.25) is 0 Å². The van der Waals surface area contributed by atoms with Crippen LogP contribution in [0.15, 0.2) is 24.3 Å². The molecule has 2 unspecified atom stereocenters. The van der Waals surface area contributed by atoms with Crippen molar-refractivity contribution in [2.24, 2.45) is 11.7 Å². The van der Waals surface area contributed by atoms with E-state index in [4.69, 9.17) is 15.2 Å². The SMILES string of the molecule is CCC(C)C(N)C(=O)NCCCOCc1ccc(OC)cc1. The molecule has 1 amide bonds. The summed E-state index contributed by atoms with van der Waals surface area (Å²) in [5.74, 6) is 0.958. The minimum Gasteiger partial charge on any atom is -0.497 e. The van der Waals surface area contributed by atoms with Crippen LogP contribution in [-0.4, -0.2) is 32.2 Å². The summed E-state index contributed by atoms with van der Waals surface area (Å²) in [5, 5.41) is 2.85. The second-order valence-electron chi connectivity index (χ2n) is 5.46. The summed E-state index contributed by atoms with van der Waals surface area (Å²) >= 11 is 0. The number of rotatable bonds is 10. The summed E-state index contributed by atoms with van der Waals surface area (Å²) < 4.78 is 10.7. The second-order valence-corrected chi connectivity index (χ2v) is 5.46. The number of amides is 1. The van der Waals surface area contributed by atoms with E-state index in [9.17, 15) is 4.79 Å². The summed E-state index contributed by atoms with van der Waals surface area (Å²) in [6.07, 6.45) is 1.68. The first-order valence-electron chi connectivity index (χ1n) is 7.82. The highest BCUT2D eigenvalue weighted by molar-refractivity contribution is 5.81. The van der Waals surface area contributed by atoms with Gasteiger partial charge in [0.2, 0.25) is 5.91 Å². The zero-order valence-electron chi connectivity index (χ0n) is 13.8. The van der Waals surface area contributed by atoms with Crippen molar-refractivity contribution in [3.05, 3.63) is 29.8 Å². The molecule has 0 heterocycles. The molecule has 1 aromatic rings. The van der Waals surface area contributed by atoms with Crippen molar-refractivity contribution in [3.8, 4) is 5.75 Å². The summed E-state index contributed by atoms with van der Waals surface area (Å²) in [6.45, 7) is 5.77. The van der Waals surface area contributed by atoms with Crippen LogP contribution >= 0.6 is 0 Å². The van der Waals surface area contributed by atoms with E-state index >= 15 is 0 Å². The standard InChI is InChI=1S/C17H28N2O3/c1-4-13(2)16(18)17(20)19-10-5-11-22-12-14-6-8-15(21-3)9-7-14/h6-9,13,16H,4-5,10-12,18H2,1-3H3,(H,19,20). The molecule has 3 N–H and O–H groups in total. The Bertz CT molecular complexity index is 434. The third kappa shape index (κ3) is 6.45. The van der Waals surface area contributed by atoms with Gasteiger partial charge in [-0.1, -0.05) is 32.4 Å². The molecule has 0 aliphatic rings. The number of hydrogen-bond donors (Lipinski definition) is 2. The molecule has 0 spiro atoms. The average molecular weight is 308 g/mol. The van der Waals surface area contributed by atoms with Crippen LogP contribution < -0.4 is 15.8 Å². The molecule has 1 aromatic carbocycles. The fourth-order valence-corrected chi connectivity index (χ4v) is 1.93. The monoisotopic (exact) mass is 308 g/mol. The maximum absolute atomic E-state index is 11.8. The highest BCUT2D eigenvalue weighted by Crippen LogP contribution is 2.11. The molecule has 0 saturated carbocycles. The van der Waals surface area contributed by atoms with E-state index in [0.29, 0.717) is 19.8 Å². The molecule has 22 heavy (non-hydrogen) atoms. The van der Waals surface area contributed by atoms with Gasteiger partial charge in [0.15, 0.2) is 0 Å². The average Bonchev–Trinajstić information content (AvgIpc) is 2.56. The number of nitrogens with one attached hydrogen (secondary N) is 1. The van der Waals surface area contributed by atoms with Crippen molar-refractivity contribution < 1.29 is 14.3 Å². The number of benzene rings is 1. The van der Waals surface area contributed by atoms with E-state index in [0.717, 1.165) is 24.2 Å². The lowest BCUT2D eigenvalue weighted by atomic mass is 9.99. The first kappa shape index (κ1) is 18.5. The lowest BCUT2D eigenvalue weighted by Gasteiger charge is -2.17. The van der Waals surface area contributed by atoms with E-state index in [-0.39, 0.29) is 11.8 Å². The second kappa shape index (κ2) is 10.2. The Hall–Kier alpha value is -1.59. The topological polar surface area (TPSA) is 73.6 Å². The Morgan fingerprint density at radius 3 is 2.59 bits per heavy atom. The van der Waals surface area contributed by atoms with E-state index < -0.39 is 6.04 Å². The highest BCUT2D eigenvalue weighted by atomic mass is 16.5. The number of hydrogen-bond acceptors (Lipinski definition) is 4. The molecule has 1 rings (SSSR count). The van der Waals surface area contributed by atoms with Crippen molar-refractivity contribution in [2.75, 3.05) is 20.3 Å². The Kier molecular flexibility index (Phi) is 8.55. The third-order valence-corrected chi connectivity index (χ3v) is 3.75. The minimum absolute atomic E-state index is 0.0792. The predicted octanol–water partition coefficient (Wildman–Crippen LogP) is 2.09.